The highest BCUT2D eigenvalue weighted by molar-refractivity contribution is 5.87. The molecule has 1 heterocycles. The first kappa shape index (κ1) is 12.0. The maximum atomic E-state index is 11.5. The fourth-order valence-electron chi connectivity index (χ4n) is 1.69. The van der Waals surface area contributed by atoms with Crippen molar-refractivity contribution in [2.24, 2.45) is 0 Å². The van der Waals surface area contributed by atoms with Crippen LogP contribution in [0.15, 0.2) is 41.6 Å². The van der Waals surface area contributed by atoms with Gasteiger partial charge in [0.25, 0.3) is 5.56 Å². The summed E-state index contributed by atoms with van der Waals surface area (Å²) in [5.74, 6) is -0.955. The van der Waals surface area contributed by atoms with Crippen LogP contribution in [-0.4, -0.2) is 20.6 Å². The fourth-order valence-corrected chi connectivity index (χ4v) is 1.69. The number of benzene rings is 1. The van der Waals surface area contributed by atoms with Crippen LogP contribution in [0.4, 0.5) is 0 Å². The number of carboxylic acids is 1. The van der Waals surface area contributed by atoms with E-state index in [1.807, 2.05) is 6.92 Å². The molecule has 0 aliphatic rings. The Balaban J connectivity index is 2.33. The molecule has 18 heavy (non-hydrogen) atoms. The van der Waals surface area contributed by atoms with Crippen molar-refractivity contribution in [2.75, 3.05) is 0 Å². The van der Waals surface area contributed by atoms with E-state index < -0.39 is 5.97 Å². The van der Waals surface area contributed by atoms with Crippen LogP contribution in [0.2, 0.25) is 0 Å². The summed E-state index contributed by atoms with van der Waals surface area (Å²) in [6.45, 7) is 2.21. The number of carboxylic acid groups (broad SMARTS) is 1. The number of aryl methyl sites for hydroxylation is 1. The average molecular weight is 244 g/mol. The molecule has 0 bridgehead atoms. The van der Waals surface area contributed by atoms with E-state index in [2.05, 4.69) is 4.98 Å². The minimum Gasteiger partial charge on any atom is -0.478 e. The second-order valence-electron chi connectivity index (χ2n) is 3.99. The second kappa shape index (κ2) is 4.83. The van der Waals surface area contributed by atoms with Crippen LogP contribution in [0, 0.1) is 6.92 Å². The van der Waals surface area contributed by atoms with E-state index in [0.29, 0.717) is 6.54 Å². The number of hydrogen-bond donors (Lipinski definition) is 1. The van der Waals surface area contributed by atoms with Crippen LogP contribution in [-0.2, 0) is 6.54 Å². The predicted molar refractivity (Wildman–Crippen MR) is 65.7 cm³/mol. The Labute approximate surface area is 103 Å². The van der Waals surface area contributed by atoms with Gasteiger partial charge in [-0.3, -0.25) is 9.36 Å². The number of rotatable bonds is 3. The molecule has 0 spiro atoms. The Morgan fingerprint density at radius 2 is 2.17 bits per heavy atom. The smallest absolute Gasteiger partial charge is 0.335 e. The number of aromatic nitrogens is 2. The maximum Gasteiger partial charge on any atom is 0.335 e. The molecule has 0 saturated heterocycles. The third-order valence-corrected chi connectivity index (χ3v) is 2.72. The molecule has 0 aliphatic heterocycles. The van der Waals surface area contributed by atoms with E-state index in [4.69, 9.17) is 5.11 Å². The maximum absolute atomic E-state index is 11.5. The van der Waals surface area contributed by atoms with Crippen LogP contribution in [0.3, 0.4) is 0 Å². The van der Waals surface area contributed by atoms with Gasteiger partial charge in [-0.2, -0.15) is 0 Å². The highest BCUT2D eigenvalue weighted by Crippen LogP contribution is 2.12. The lowest BCUT2D eigenvalue weighted by atomic mass is 10.1. The summed E-state index contributed by atoms with van der Waals surface area (Å²) in [5, 5.41) is 8.87. The van der Waals surface area contributed by atoms with Crippen LogP contribution < -0.4 is 5.56 Å². The van der Waals surface area contributed by atoms with Crippen molar-refractivity contribution in [2.45, 2.75) is 13.5 Å². The Morgan fingerprint density at radius 1 is 1.39 bits per heavy atom. The van der Waals surface area contributed by atoms with E-state index >= 15 is 0 Å². The molecule has 1 N–H and O–H groups in total. The van der Waals surface area contributed by atoms with Gasteiger partial charge in [0, 0.05) is 12.3 Å². The predicted octanol–water partition coefficient (Wildman–Crippen LogP) is 1.30. The Bertz CT molecular complexity index is 647. The minimum absolute atomic E-state index is 0.133. The Kier molecular flexibility index (Phi) is 3.23. The van der Waals surface area contributed by atoms with Crippen LogP contribution >= 0.6 is 0 Å². The van der Waals surface area contributed by atoms with Gasteiger partial charge >= 0.3 is 5.97 Å². The van der Waals surface area contributed by atoms with Crippen molar-refractivity contribution in [1.29, 1.82) is 0 Å². The molecule has 1 aromatic heterocycles. The van der Waals surface area contributed by atoms with Gasteiger partial charge < -0.3 is 5.11 Å². The molecule has 0 radical (unpaired) electrons. The molecule has 0 atom stereocenters. The van der Waals surface area contributed by atoms with Crippen molar-refractivity contribution >= 4 is 5.97 Å². The molecule has 0 saturated carbocycles. The molecule has 2 aromatic rings. The van der Waals surface area contributed by atoms with Crippen LogP contribution in [0.1, 0.15) is 21.5 Å². The second-order valence-corrected chi connectivity index (χ2v) is 3.99. The normalized spacial score (nSPS) is 10.3. The zero-order valence-electron chi connectivity index (χ0n) is 9.83. The van der Waals surface area contributed by atoms with Gasteiger partial charge in [0.1, 0.15) is 0 Å². The Hall–Kier alpha value is -2.43. The van der Waals surface area contributed by atoms with E-state index in [-0.39, 0.29) is 11.1 Å². The number of nitrogens with zero attached hydrogens (tertiary/aromatic N) is 2. The van der Waals surface area contributed by atoms with Gasteiger partial charge in [0.05, 0.1) is 18.4 Å². The lowest BCUT2D eigenvalue weighted by molar-refractivity contribution is 0.0697. The Morgan fingerprint density at radius 3 is 2.78 bits per heavy atom. The molecule has 5 heteroatoms. The first-order valence-corrected chi connectivity index (χ1v) is 5.41. The number of carbonyl (C=O) groups is 1. The minimum atomic E-state index is -0.955. The van der Waals surface area contributed by atoms with Gasteiger partial charge in [0.15, 0.2) is 0 Å². The van der Waals surface area contributed by atoms with Gasteiger partial charge in [-0.15, -0.1) is 0 Å². The fraction of sp³-hybridized carbons (Fsp3) is 0.154. The van der Waals surface area contributed by atoms with E-state index in [0.717, 1.165) is 11.1 Å². The largest absolute Gasteiger partial charge is 0.478 e. The first-order valence-electron chi connectivity index (χ1n) is 5.41. The molecule has 0 unspecified atom stereocenters. The number of hydrogen-bond acceptors (Lipinski definition) is 3. The van der Waals surface area contributed by atoms with Gasteiger partial charge in [-0.1, -0.05) is 6.07 Å². The van der Waals surface area contributed by atoms with Crippen molar-refractivity contribution in [3.05, 3.63) is 63.8 Å². The molecule has 0 aliphatic carbocycles. The highest BCUT2D eigenvalue weighted by atomic mass is 16.4. The molecular formula is C13H12N2O3. The summed E-state index contributed by atoms with van der Waals surface area (Å²) in [6.07, 6.45) is 2.91. The molecule has 2 rings (SSSR count). The molecule has 0 amide bonds. The summed E-state index contributed by atoms with van der Waals surface area (Å²) in [4.78, 5) is 26.2. The molecule has 5 nitrogen and oxygen atoms in total. The van der Waals surface area contributed by atoms with Crippen molar-refractivity contribution < 1.29 is 9.90 Å². The zero-order valence-corrected chi connectivity index (χ0v) is 9.83. The standard InChI is InChI=1S/C13H12N2O3/c1-9-6-10(13(17)18)2-3-11(9)7-15-8-14-5-4-12(15)16/h2-6,8H,7H2,1H3,(H,17,18). The summed E-state index contributed by atoms with van der Waals surface area (Å²) in [5.41, 5.74) is 1.85. The summed E-state index contributed by atoms with van der Waals surface area (Å²) in [7, 11) is 0. The highest BCUT2D eigenvalue weighted by Gasteiger charge is 2.06. The monoisotopic (exact) mass is 244 g/mol. The first-order chi connectivity index (χ1) is 8.58. The lowest BCUT2D eigenvalue weighted by Crippen LogP contribution is -2.19. The third-order valence-electron chi connectivity index (χ3n) is 2.72. The zero-order chi connectivity index (χ0) is 13.1. The van der Waals surface area contributed by atoms with Gasteiger partial charge in [-0.25, -0.2) is 9.78 Å². The van der Waals surface area contributed by atoms with E-state index in [1.165, 1.54) is 29.2 Å². The summed E-state index contributed by atoms with van der Waals surface area (Å²) in [6, 6.07) is 6.24. The molecular weight excluding hydrogens is 232 g/mol. The average Bonchev–Trinajstić information content (AvgIpc) is 2.34. The molecule has 1 aromatic carbocycles. The van der Waals surface area contributed by atoms with Crippen molar-refractivity contribution in [3.63, 3.8) is 0 Å². The lowest BCUT2D eigenvalue weighted by Gasteiger charge is -2.08. The van der Waals surface area contributed by atoms with Crippen molar-refractivity contribution in [1.82, 2.24) is 9.55 Å². The summed E-state index contributed by atoms with van der Waals surface area (Å²) < 4.78 is 1.47. The van der Waals surface area contributed by atoms with Crippen molar-refractivity contribution in [3.8, 4) is 0 Å². The van der Waals surface area contributed by atoms with Crippen LogP contribution in [0.5, 0.6) is 0 Å². The molecule has 92 valence electrons. The third kappa shape index (κ3) is 2.45. The quantitative estimate of drug-likeness (QED) is 0.883. The summed E-state index contributed by atoms with van der Waals surface area (Å²) >= 11 is 0. The van der Waals surface area contributed by atoms with Crippen LogP contribution in [0.25, 0.3) is 0 Å². The topological polar surface area (TPSA) is 72.2 Å². The van der Waals surface area contributed by atoms with Gasteiger partial charge in [-0.05, 0) is 30.2 Å². The SMILES string of the molecule is Cc1cc(C(=O)O)ccc1Cn1cnccc1=O. The molecule has 0 fully saturated rings. The van der Waals surface area contributed by atoms with E-state index in [9.17, 15) is 9.59 Å². The van der Waals surface area contributed by atoms with Gasteiger partial charge in [0.2, 0.25) is 0 Å². The van der Waals surface area contributed by atoms with E-state index in [1.54, 1.807) is 12.1 Å². The number of aromatic carboxylic acids is 1.